The van der Waals surface area contributed by atoms with Gasteiger partial charge in [-0.05, 0) is 42.2 Å². The molecule has 0 aromatic heterocycles. The fourth-order valence-corrected chi connectivity index (χ4v) is 5.83. The van der Waals surface area contributed by atoms with Crippen molar-refractivity contribution in [1.29, 1.82) is 0 Å². The smallest absolute Gasteiger partial charge is 0.240 e. The number of carbonyl (C=O) groups is 2. The molecule has 1 aromatic carbocycles. The van der Waals surface area contributed by atoms with E-state index in [2.05, 4.69) is 32.2 Å². The highest BCUT2D eigenvalue weighted by molar-refractivity contribution is 5.83. The van der Waals surface area contributed by atoms with E-state index in [1.165, 1.54) is 5.57 Å². The summed E-state index contributed by atoms with van der Waals surface area (Å²) < 4.78 is 0. The lowest BCUT2D eigenvalue weighted by Gasteiger charge is -2.54. The van der Waals surface area contributed by atoms with Gasteiger partial charge in [0.2, 0.25) is 5.91 Å². The second-order valence-corrected chi connectivity index (χ2v) is 10.1. The van der Waals surface area contributed by atoms with E-state index < -0.39 is 24.2 Å². The molecule has 7 atom stereocenters. The van der Waals surface area contributed by atoms with E-state index in [0.717, 1.165) is 18.3 Å². The zero-order chi connectivity index (χ0) is 23.2. The van der Waals surface area contributed by atoms with Crippen LogP contribution in [0, 0.1) is 23.2 Å². The number of fused-ring (bicyclic) bond motifs is 2. The molecule has 5 rings (SSSR count). The molecule has 1 aromatic rings. The van der Waals surface area contributed by atoms with Crippen molar-refractivity contribution < 1.29 is 24.6 Å². The quantitative estimate of drug-likeness (QED) is 0.442. The number of amides is 1. The van der Waals surface area contributed by atoms with Gasteiger partial charge >= 0.3 is 0 Å². The van der Waals surface area contributed by atoms with E-state index >= 15 is 0 Å². The number of allylic oxidation sites excluding steroid dienone is 1. The number of aliphatic hydroxyl groups excluding tert-OH is 2. The van der Waals surface area contributed by atoms with Crippen molar-refractivity contribution in [3.05, 3.63) is 47.0 Å². The number of nitrogens with one attached hydrogen (secondary N) is 1. The average Bonchev–Trinajstić information content (AvgIpc) is 3.13. The average molecular weight is 443 g/mol. The topological polar surface area (TPSA) is 99.1 Å². The molecule has 0 radical (unpaired) electrons. The Morgan fingerprint density at radius 2 is 2.16 bits per heavy atom. The van der Waals surface area contributed by atoms with Crippen LogP contribution in [-0.2, 0) is 16.2 Å². The molecule has 1 heterocycles. The van der Waals surface area contributed by atoms with Crippen LogP contribution in [-0.4, -0.2) is 58.4 Å². The number of aldehydes is 1. The molecule has 174 valence electrons. The Kier molecular flexibility index (Phi) is 6.29. The monoisotopic (exact) mass is 442 g/mol. The first kappa shape index (κ1) is 23.1. The predicted octanol–water partition coefficient (Wildman–Crippen LogP) is 2.08. The van der Waals surface area contributed by atoms with Crippen LogP contribution in [0.2, 0.25) is 0 Å². The van der Waals surface area contributed by atoms with Crippen LogP contribution in [0.1, 0.15) is 50.0 Å². The number of nitrogens with zero attached hydrogens (tertiary/aromatic N) is 1. The van der Waals surface area contributed by atoms with Crippen molar-refractivity contribution >= 4 is 12.2 Å². The van der Waals surface area contributed by atoms with Crippen molar-refractivity contribution in [1.82, 2.24) is 10.4 Å². The van der Waals surface area contributed by atoms with Gasteiger partial charge in [-0.2, -0.15) is 5.06 Å². The second-order valence-electron chi connectivity index (χ2n) is 10.1. The number of rotatable bonds is 7. The maximum absolute atomic E-state index is 13.5. The maximum atomic E-state index is 13.5. The summed E-state index contributed by atoms with van der Waals surface area (Å²) >= 11 is 0. The third-order valence-electron chi connectivity index (χ3n) is 7.79. The first-order chi connectivity index (χ1) is 15.2. The van der Waals surface area contributed by atoms with Crippen LogP contribution in [0.3, 0.4) is 0 Å². The van der Waals surface area contributed by atoms with E-state index in [0.29, 0.717) is 11.5 Å². The SMILES string of the molecule is C[C@H](O)[C@@H]1[C@H](CO)ON(Cc2cccc(C=O)c2)[C@@H]1C(=O)N[C@H]1C[C@H]2C=C([C@@H]1C)C2(C)C. The van der Waals surface area contributed by atoms with Gasteiger partial charge in [-0.1, -0.05) is 50.6 Å². The van der Waals surface area contributed by atoms with Gasteiger partial charge in [0, 0.05) is 17.5 Å². The minimum absolute atomic E-state index is 0.0311. The summed E-state index contributed by atoms with van der Waals surface area (Å²) in [6.07, 6.45) is 2.48. The fourth-order valence-electron chi connectivity index (χ4n) is 5.83. The molecule has 7 nitrogen and oxygen atoms in total. The zero-order valence-electron chi connectivity index (χ0n) is 19.2. The highest BCUT2D eigenvalue weighted by Crippen LogP contribution is 2.56. The summed E-state index contributed by atoms with van der Waals surface area (Å²) in [6.45, 7) is 8.27. The molecule has 1 saturated carbocycles. The highest BCUT2D eigenvalue weighted by atomic mass is 16.7. The summed E-state index contributed by atoms with van der Waals surface area (Å²) in [5, 5.41) is 25.1. The molecule has 1 aliphatic heterocycles. The maximum Gasteiger partial charge on any atom is 0.240 e. The van der Waals surface area contributed by atoms with E-state index in [4.69, 9.17) is 4.84 Å². The number of hydroxylamine groups is 2. The third kappa shape index (κ3) is 3.92. The number of aliphatic hydroxyl groups is 2. The van der Waals surface area contributed by atoms with Gasteiger partial charge in [0.1, 0.15) is 18.4 Å². The predicted molar refractivity (Wildman–Crippen MR) is 119 cm³/mol. The Labute approximate surface area is 189 Å². The molecule has 2 fully saturated rings. The van der Waals surface area contributed by atoms with E-state index in [1.807, 2.05) is 6.07 Å². The molecule has 3 N–H and O–H groups in total. The molecule has 3 aliphatic carbocycles. The largest absolute Gasteiger partial charge is 0.394 e. The van der Waals surface area contributed by atoms with Gasteiger partial charge in [0.15, 0.2) is 0 Å². The van der Waals surface area contributed by atoms with Crippen LogP contribution in [0.15, 0.2) is 35.9 Å². The molecule has 7 heteroatoms. The standard InChI is InChI=1S/C25H34N2O5/c1-14-19-9-18(25(19,3)4)10-20(14)26-24(31)23-22(15(2)30)21(13-29)32-27(23)11-16-6-5-7-17(8-16)12-28/h5-9,12,14-15,18,20-23,29-30H,10-11,13H2,1-4H3,(H,26,31)/t14-,15-,18+,20-,21-,22+,23-/m0/s1. The van der Waals surface area contributed by atoms with Crippen LogP contribution < -0.4 is 5.32 Å². The first-order valence-electron chi connectivity index (χ1n) is 11.5. The molecule has 1 amide bonds. The van der Waals surface area contributed by atoms with E-state index in [-0.39, 0.29) is 36.4 Å². The number of benzene rings is 1. The molecule has 0 unspecified atom stereocenters. The van der Waals surface area contributed by atoms with Crippen molar-refractivity contribution in [2.24, 2.45) is 23.2 Å². The van der Waals surface area contributed by atoms with Crippen molar-refractivity contribution in [2.45, 2.75) is 65.0 Å². The second kappa shape index (κ2) is 8.71. The van der Waals surface area contributed by atoms with E-state index in [1.54, 1.807) is 30.2 Å². The lowest BCUT2D eigenvalue weighted by molar-refractivity contribution is -0.182. The Balaban J connectivity index is 1.55. The minimum atomic E-state index is -0.840. The molecule has 32 heavy (non-hydrogen) atoms. The Hall–Kier alpha value is -2.06. The molecule has 0 spiro atoms. The number of hydrogen-bond acceptors (Lipinski definition) is 6. The summed E-state index contributed by atoms with van der Waals surface area (Å²) in [4.78, 5) is 30.6. The Morgan fingerprint density at radius 1 is 1.41 bits per heavy atom. The minimum Gasteiger partial charge on any atom is -0.394 e. The lowest BCUT2D eigenvalue weighted by atomic mass is 9.52. The fraction of sp³-hybridized carbons (Fsp3) is 0.600. The van der Waals surface area contributed by atoms with Crippen LogP contribution >= 0.6 is 0 Å². The van der Waals surface area contributed by atoms with Crippen LogP contribution in [0.25, 0.3) is 0 Å². The number of carbonyl (C=O) groups excluding carboxylic acids is 2. The third-order valence-corrected chi connectivity index (χ3v) is 7.79. The van der Waals surface area contributed by atoms with E-state index in [9.17, 15) is 19.8 Å². The van der Waals surface area contributed by atoms with Gasteiger partial charge in [0.05, 0.1) is 19.3 Å². The highest BCUT2D eigenvalue weighted by Gasteiger charge is 2.53. The van der Waals surface area contributed by atoms with Crippen molar-refractivity contribution in [2.75, 3.05) is 6.61 Å². The van der Waals surface area contributed by atoms with Gasteiger partial charge in [0.25, 0.3) is 0 Å². The summed E-state index contributed by atoms with van der Waals surface area (Å²) in [7, 11) is 0. The molecule has 1 saturated heterocycles. The number of hydrogen-bond donors (Lipinski definition) is 3. The molecular weight excluding hydrogens is 408 g/mol. The Bertz CT molecular complexity index is 911. The van der Waals surface area contributed by atoms with Gasteiger partial charge in [-0.25, -0.2) is 0 Å². The normalized spacial score (nSPS) is 34.4. The van der Waals surface area contributed by atoms with Crippen LogP contribution in [0.4, 0.5) is 0 Å². The molecular formula is C25H34N2O5. The first-order valence-corrected chi connectivity index (χ1v) is 11.5. The van der Waals surface area contributed by atoms with Crippen LogP contribution in [0.5, 0.6) is 0 Å². The van der Waals surface area contributed by atoms with Gasteiger partial charge in [-0.15, -0.1) is 0 Å². The lowest BCUT2D eigenvalue weighted by Crippen LogP contribution is -2.57. The molecule has 2 bridgehead atoms. The summed E-state index contributed by atoms with van der Waals surface area (Å²) in [6, 6.07) is 6.39. The summed E-state index contributed by atoms with van der Waals surface area (Å²) in [5.41, 5.74) is 2.94. The van der Waals surface area contributed by atoms with Gasteiger partial charge < -0.3 is 15.5 Å². The van der Waals surface area contributed by atoms with Gasteiger partial charge in [-0.3, -0.25) is 14.4 Å². The zero-order valence-corrected chi connectivity index (χ0v) is 19.2. The van der Waals surface area contributed by atoms with Crippen molar-refractivity contribution in [3.63, 3.8) is 0 Å². The Morgan fingerprint density at radius 3 is 2.75 bits per heavy atom. The summed E-state index contributed by atoms with van der Waals surface area (Å²) in [5.74, 6) is -0.0651. The molecule has 4 aliphatic rings. The van der Waals surface area contributed by atoms with Crippen molar-refractivity contribution in [3.8, 4) is 0 Å².